The Morgan fingerprint density at radius 2 is 1.81 bits per heavy atom. The number of piperidine rings is 1. The molecule has 0 saturated carbocycles. The first kappa shape index (κ1) is 22.5. The van der Waals surface area contributed by atoms with Crippen molar-refractivity contribution in [2.45, 2.75) is 30.5 Å². The number of aromatic nitrogens is 2. The van der Waals surface area contributed by atoms with Crippen molar-refractivity contribution in [3.8, 4) is 5.75 Å². The summed E-state index contributed by atoms with van der Waals surface area (Å²) < 4.78 is 87.8. The molecule has 0 atom stereocenters. The van der Waals surface area contributed by atoms with Gasteiger partial charge in [0.15, 0.2) is 0 Å². The van der Waals surface area contributed by atoms with Gasteiger partial charge < -0.3 is 9.30 Å². The van der Waals surface area contributed by atoms with Crippen LogP contribution < -0.4 is 4.74 Å². The number of imidazole rings is 1. The van der Waals surface area contributed by atoms with Crippen LogP contribution in [0.1, 0.15) is 18.7 Å². The van der Waals surface area contributed by atoms with Crippen LogP contribution in [0.5, 0.6) is 5.75 Å². The number of hydrogen-bond acceptors (Lipinski definition) is 4. The number of fused-ring (bicyclic) bond motifs is 1. The van der Waals surface area contributed by atoms with Crippen LogP contribution in [0.15, 0.2) is 47.4 Å². The van der Waals surface area contributed by atoms with Crippen LogP contribution >= 0.6 is 0 Å². The lowest BCUT2D eigenvalue weighted by Gasteiger charge is -2.32. The number of ether oxygens (including phenoxy) is 1. The van der Waals surface area contributed by atoms with Crippen LogP contribution in [0.2, 0.25) is 0 Å². The summed E-state index contributed by atoms with van der Waals surface area (Å²) in [5, 5.41) is 0. The van der Waals surface area contributed by atoms with Gasteiger partial charge in [0.2, 0.25) is 15.8 Å². The minimum absolute atomic E-state index is 0.0354. The van der Waals surface area contributed by atoms with E-state index in [-0.39, 0.29) is 41.7 Å². The Balaban J connectivity index is 1.54. The minimum atomic E-state index is -4.60. The normalized spacial score (nSPS) is 16.5. The summed E-state index contributed by atoms with van der Waals surface area (Å²) >= 11 is 0. The lowest BCUT2D eigenvalue weighted by Crippen LogP contribution is -2.39. The van der Waals surface area contributed by atoms with Gasteiger partial charge in [0.25, 0.3) is 0 Å². The van der Waals surface area contributed by atoms with Gasteiger partial charge in [-0.1, -0.05) is 12.1 Å². The summed E-state index contributed by atoms with van der Waals surface area (Å²) in [4.78, 5) is 3.49. The maximum atomic E-state index is 13.7. The standard InChI is InChI=1S/C21H21F4N3O3S/c1-31-18-7-6-15(22)12-19(18)32(29,30)27-10-8-14(9-11-27)13-28-17-5-3-2-4-16(17)26-20(28)21(23,24)25/h2-7,12,14H,8-11,13H2,1H3. The molecule has 4 rings (SSSR count). The molecule has 0 amide bonds. The number of methoxy groups -OCH3 is 1. The zero-order valence-electron chi connectivity index (χ0n) is 17.1. The molecule has 1 saturated heterocycles. The second kappa shape index (κ2) is 8.36. The molecule has 0 bridgehead atoms. The minimum Gasteiger partial charge on any atom is -0.495 e. The van der Waals surface area contributed by atoms with E-state index in [4.69, 9.17) is 4.74 Å². The zero-order chi connectivity index (χ0) is 23.1. The number of sulfonamides is 1. The predicted octanol–water partition coefficient (Wildman–Crippen LogP) is 4.30. The third kappa shape index (κ3) is 4.18. The number of para-hydroxylation sites is 2. The van der Waals surface area contributed by atoms with Gasteiger partial charge in [-0.05, 0) is 49.1 Å². The number of nitrogens with zero attached hydrogens (tertiary/aromatic N) is 3. The van der Waals surface area contributed by atoms with Gasteiger partial charge in [-0.3, -0.25) is 0 Å². The highest BCUT2D eigenvalue weighted by atomic mass is 32.2. The first-order valence-corrected chi connectivity index (χ1v) is 11.4. The molecule has 1 aliphatic heterocycles. The van der Waals surface area contributed by atoms with Crippen molar-refractivity contribution in [3.05, 3.63) is 54.1 Å². The lowest BCUT2D eigenvalue weighted by atomic mass is 9.98. The fraction of sp³-hybridized carbons (Fsp3) is 0.381. The number of benzene rings is 2. The zero-order valence-corrected chi connectivity index (χ0v) is 18.0. The second-order valence-corrected chi connectivity index (χ2v) is 9.58. The van der Waals surface area contributed by atoms with E-state index < -0.39 is 27.8 Å². The van der Waals surface area contributed by atoms with Crippen LogP contribution in [0.25, 0.3) is 11.0 Å². The van der Waals surface area contributed by atoms with Gasteiger partial charge in [0.05, 0.1) is 18.1 Å². The highest BCUT2D eigenvalue weighted by Crippen LogP contribution is 2.34. The van der Waals surface area contributed by atoms with E-state index in [2.05, 4.69) is 4.98 Å². The molecule has 0 aliphatic carbocycles. The summed E-state index contributed by atoms with van der Waals surface area (Å²) in [5.41, 5.74) is 0.650. The van der Waals surface area contributed by atoms with Crippen molar-refractivity contribution in [1.29, 1.82) is 0 Å². The Kier molecular flexibility index (Phi) is 5.89. The quantitative estimate of drug-likeness (QED) is 0.521. The Morgan fingerprint density at radius 1 is 1.12 bits per heavy atom. The highest BCUT2D eigenvalue weighted by molar-refractivity contribution is 7.89. The van der Waals surface area contributed by atoms with E-state index >= 15 is 0 Å². The molecular formula is C21H21F4N3O3S. The van der Waals surface area contributed by atoms with Crippen LogP contribution in [0.3, 0.4) is 0 Å². The van der Waals surface area contributed by atoms with Crippen molar-refractivity contribution in [1.82, 2.24) is 13.9 Å². The molecular weight excluding hydrogens is 450 g/mol. The van der Waals surface area contributed by atoms with Gasteiger partial charge in [0.1, 0.15) is 16.5 Å². The lowest BCUT2D eigenvalue weighted by molar-refractivity contribution is -0.147. The molecule has 1 aromatic heterocycles. The Bertz CT molecular complexity index is 1230. The van der Waals surface area contributed by atoms with Crippen molar-refractivity contribution in [2.75, 3.05) is 20.2 Å². The van der Waals surface area contributed by atoms with Crippen LogP contribution in [0, 0.1) is 11.7 Å². The molecule has 11 heteroatoms. The molecule has 0 N–H and O–H groups in total. The molecule has 0 unspecified atom stereocenters. The SMILES string of the molecule is COc1ccc(F)cc1S(=O)(=O)N1CCC(Cn2c(C(F)(F)F)nc3ccccc32)CC1. The van der Waals surface area contributed by atoms with Gasteiger partial charge in [-0.25, -0.2) is 17.8 Å². The number of rotatable bonds is 5. The molecule has 32 heavy (non-hydrogen) atoms. The van der Waals surface area contributed by atoms with Crippen molar-refractivity contribution in [2.24, 2.45) is 5.92 Å². The van der Waals surface area contributed by atoms with E-state index in [1.165, 1.54) is 28.1 Å². The summed E-state index contributed by atoms with van der Waals surface area (Å²) in [6.07, 6.45) is -3.88. The third-order valence-corrected chi connectivity index (χ3v) is 7.59. The Morgan fingerprint density at radius 3 is 2.47 bits per heavy atom. The van der Waals surface area contributed by atoms with E-state index in [0.29, 0.717) is 18.4 Å². The van der Waals surface area contributed by atoms with Crippen molar-refractivity contribution >= 4 is 21.1 Å². The fourth-order valence-electron chi connectivity index (χ4n) is 4.06. The van der Waals surface area contributed by atoms with Gasteiger partial charge in [-0.2, -0.15) is 17.5 Å². The van der Waals surface area contributed by atoms with Crippen LogP contribution in [-0.2, 0) is 22.7 Å². The topological polar surface area (TPSA) is 64.4 Å². The molecule has 2 aromatic carbocycles. The molecule has 1 aliphatic rings. The fourth-order valence-corrected chi connectivity index (χ4v) is 5.70. The van der Waals surface area contributed by atoms with Gasteiger partial charge in [-0.15, -0.1) is 0 Å². The van der Waals surface area contributed by atoms with Crippen molar-refractivity contribution < 1.29 is 30.7 Å². The summed E-state index contributed by atoms with van der Waals surface area (Å²) in [5.74, 6) is -1.80. The average molecular weight is 471 g/mol. The molecule has 0 radical (unpaired) electrons. The predicted molar refractivity (Wildman–Crippen MR) is 109 cm³/mol. The largest absolute Gasteiger partial charge is 0.495 e. The maximum Gasteiger partial charge on any atom is 0.449 e. The summed E-state index contributed by atoms with van der Waals surface area (Å²) in [6.45, 7) is 0.299. The molecule has 172 valence electrons. The Labute approximate surface area is 182 Å². The maximum absolute atomic E-state index is 13.7. The van der Waals surface area contributed by atoms with Gasteiger partial charge >= 0.3 is 6.18 Å². The van der Waals surface area contributed by atoms with Crippen molar-refractivity contribution in [3.63, 3.8) is 0 Å². The van der Waals surface area contributed by atoms with E-state index in [1.54, 1.807) is 18.2 Å². The van der Waals surface area contributed by atoms with E-state index in [9.17, 15) is 26.0 Å². The third-order valence-electron chi connectivity index (χ3n) is 5.67. The molecule has 0 spiro atoms. The molecule has 3 aromatic rings. The Hall–Kier alpha value is -2.66. The summed E-state index contributed by atoms with van der Waals surface area (Å²) in [7, 11) is -2.71. The highest BCUT2D eigenvalue weighted by Gasteiger charge is 2.39. The van der Waals surface area contributed by atoms with E-state index in [1.807, 2.05) is 0 Å². The van der Waals surface area contributed by atoms with E-state index in [0.717, 1.165) is 12.1 Å². The number of halogens is 4. The monoisotopic (exact) mass is 471 g/mol. The first-order chi connectivity index (χ1) is 15.1. The average Bonchev–Trinajstić information content (AvgIpc) is 3.13. The van der Waals surface area contributed by atoms with Crippen LogP contribution in [-0.4, -0.2) is 42.5 Å². The molecule has 2 heterocycles. The number of alkyl halides is 3. The summed E-state index contributed by atoms with van der Waals surface area (Å²) in [6, 6.07) is 9.67. The van der Waals surface area contributed by atoms with Gasteiger partial charge in [0, 0.05) is 19.6 Å². The second-order valence-electron chi connectivity index (χ2n) is 7.68. The molecule has 1 fully saturated rings. The molecule has 6 nitrogen and oxygen atoms in total. The van der Waals surface area contributed by atoms with Crippen LogP contribution in [0.4, 0.5) is 17.6 Å². The number of hydrogen-bond donors (Lipinski definition) is 0. The smallest absolute Gasteiger partial charge is 0.449 e. The first-order valence-electron chi connectivity index (χ1n) is 9.97.